The van der Waals surface area contributed by atoms with E-state index in [4.69, 9.17) is 4.98 Å². The Morgan fingerprint density at radius 1 is 1.10 bits per heavy atom. The van der Waals surface area contributed by atoms with Gasteiger partial charge in [-0.15, -0.1) is 0 Å². The van der Waals surface area contributed by atoms with E-state index in [-0.39, 0.29) is 0 Å². The van der Waals surface area contributed by atoms with Crippen molar-refractivity contribution in [2.75, 3.05) is 32.1 Å². The lowest BCUT2D eigenvalue weighted by Crippen LogP contribution is -2.31. The van der Waals surface area contributed by atoms with Gasteiger partial charge in [0, 0.05) is 25.3 Å². The number of piperidine rings is 1. The molecule has 1 fully saturated rings. The second-order valence-corrected chi connectivity index (χ2v) is 5.41. The molecule has 0 spiro atoms. The molecule has 1 aromatic heterocycles. The molecule has 0 unspecified atom stereocenters. The molecule has 3 heteroatoms. The van der Waals surface area contributed by atoms with Gasteiger partial charge in [0.25, 0.3) is 0 Å². The van der Waals surface area contributed by atoms with Gasteiger partial charge in [-0.3, -0.25) is 4.98 Å². The first kappa shape index (κ1) is 17.0. The molecule has 0 bridgehead atoms. The number of aromatic nitrogens is 1. The van der Waals surface area contributed by atoms with Gasteiger partial charge in [-0.2, -0.15) is 0 Å². The summed E-state index contributed by atoms with van der Waals surface area (Å²) >= 11 is 0. The molecule has 2 rings (SSSR count). The molecule has 1 aromatic rings. The summed E-state index contributed by atoms with van der Waals surface area (Å²) in [4.78, 5) is 9.54. The lowest BCUT2D eigenvalue weighted by Gasteiger charge is -2.31. The summed E-state index contributed by atoms with van der Waals surface area (Å²) in [6.07, 6.45) is 5.02. The standard InChI is InChI=1S/C15H25N3.C2H6/c1-4-13-8-9-15(14(16-13)12-17(2)3)18-10-6-5-7-11-18;1-2/h8-9H,4-7,10-12H2,1-3H3;1-2H3. The summed E-state index contributed by atoms with van der Waals surface area (Å²) < 4.78 is 0. The van der Waals surface area contributed by atoms with E-state index in [1.165, 1.54) is 49.4 Å². The number of aryl methyl sites for hydroxylation is 1. The Morgan fingerprint density at radius 2 is 1.75 bits per heavy atom. The zero-order valence-corrected chi connectivity index (χ0v) is 13.9. The normalized spacial score (nSPS) is 15.0. The van der Waals surface area contributed by atoms with Crippen molar-refractivity contribution in [3.05, 3.63) is 23.5 Å². The summed E-state index contributed by atoms with van der Waals surface area (Å²) in [6, 6.07) is 4.46. The molecule has 0 saturated carbocycles. The van der Waals surface area contributed by atoms with Crippen molar-refractivity contribution in [2.45, 2.75) is 53.0 Å². The summed E-state index contributed by atoms with van der Waals surface area (Å²) in [5.41, 5.74) is 3.79. The molecule has 2 heterocycles. The van der Waals surface area contributed by atoms with E-state index in [0.717, 1.165) is 13.0 Å². The minimum atomic E-state index is 0.930. The van der Waals surface area contributed by atoms with Crippen LogP contribution < -0.4 is 4.90 Å². The highest BCUT2D eigenvalue weighted by atomic mass is 15.2. The highest BCUT2D eigenvalue weighted by Gasteiger charge is 2.16. The van der Waals surface area contributed by atoms with E-state index in [0.29, 0.717) is 0 Å². The fourth-order valence-corrected chi connectivity index (χ4v) is 2.57. The fraction of sp³-hybridized carbons (Fsp3) is 0.706. The van der Waals surface area contributed by atoms with Crippen molar-refractivity contribution in [3.8, 4) is 0 Å². The monoisotopic (exact) mass is 277 g/mol. The summed E-state index contributed by atoms with van der Waals surface area (Å²) in [5.74, 6) is 0. The Morgan fingerprint density at radius 3 is 2.30 bits per heavy atom. The predicted octanol–water partition coefficient (Wildman–Crippen LogP) is 3.72. The molecule has 0 radical (unpaired) electrons. The lowest BCUT2D eigenvalue weighted by atomic mass is 10.1. The Balaban J connectivity index is 0.000000956. The van der Waals surface area contributed by atoms with Crippen molar-refractivity contribution in [1.29, 1.82) is 0 Å². The molecule has 0 N–H and O–H groups in total. The van der Waals surface area contributed by atoms with Crippen LogP contribution in [0.3, 0.4) is 0 Å². The third-order valence-electron chi connectivity index (χ3n) is 3.53. The van der Waals surface area contributed by atoms with Gasteiger partial charge in [-0.1, -0.05) is 20.8 Å². The smallest absolute Gasteiger partial charge is 0.0779 e. The van der Waals surface area contributed by atoms with Crippen molar-refractivity contribution in [1.82, 2.24) is 9.88 Å². The maximum absolute atomic E-state index is 4.82. The average molecular weight is 277 g/mol. The minimum Gasteiger partial charge on any atom is -0.370 e. The molecule has 1 saturated heterocycles. The van der Waals surface area contributed by atoms with Crippen LogP contribution >= 0.6 is 0 Å². The van der Waals surface area contributed by atoms with Crippen LogP contribution in [0.25, 0.3) is 0 Å². The minimum absolute atomic E-state index is 0.930. The number of pyridine rings is 1. The van der Waals surface area contributed by atoms with Gasteiger partial charge >= 0.3 is 0 Å². The van der Waals surface area contributed by atoms with E-state index in [1.807, 2.05) is 13.8 Å². The largest absolute Gasteiger partial charge is 0.370 e. The first-order valence-electron chi connectivity index (χ1n) is 8.09. The SMILES string of the molecule is CC.CCc1ccc(N2CCCCC2)c(CN(C)C)n1. The zero-order chi connectivity index (χ0) is 15.0. The second-order valence-electron chi connectivity index (χ2n) is 5.41. The van der Waals surface area contributed by atoms with Crippen molar-refractivity contribution < 1.29 is 0 Å². The van der Waals surface area contributed by atoms with Crippen molar-refractivity contribution in [3.63, 3.8) is 0 Å². The molecule has 0 atom stereocenters. The van der Waals surface area contributed by atoms with E-state index in [9.17, 15) is 0 Å². The highest BCUT2D eigenvalue weighted by molar-refractivity contribution is 5.51. The Bertz CT molecular complexity index is 382. The van der Waals surface area contributed by atoms with E-state index >= 15 is 0 Å². The van der Waals surface area contributed by atoms with Crippen LogP contribution in [0.5, 0.6) is 0 Å². The Hall–Kier alpha value is -1.09. The molecule has 3 nitrogen and oxygen atoms in total. The molecular formula is C17H31N3. The van der Waals surface area contributed by atoms with E-state index in [2.05, 4.69) is 43.0 Å². The van der Waals surface area contributed by atoms with Gasteiger partial charge in [0.1, 0.15) is 0 Å². The van der Waals surface area contributed by atoms with Gasteiger partial charge < -0.3 is 9.80 Å². The maximum Gasteiger partial charge on any atom is 0.0779 e. The molecule has 0 aromatic carbocycles. The summed E-state index contributed by atoms with van der Waals surface area (Å²) in [6.45, 7) is 9.48. The summed E-state index contributed by atoms with van der Waals surface area (Å²) in [5, 5.41) is 0. The van der Waals surface area contributed by atoms with Crippen LogP contribution in [0.2, 0.25) is 0 Å². The quantitative estimate of drug-likeness (QED) is 0.836. The molecule has 0 amide bonds. The van der Waals surface area contributed by atoms with Crippen LogP contribution in [-0.2, 0) is 13.0 Å². The molecule has 20 heavy (non-hydrogen) atoms. The predicted molar refractivity (Wildman–Crippen MR) is 88.4 cm³/mol. The van der Waals surface area contributed by atoms with E-state index in [1.54, 1.807) is 0 Å². The van der Waals surface area contributed by atoms with Crippen LogP contribution in [-0.4, -0.2) is 37.1 Å². The van der Waals surface area contributed by atoms with Crippen molar-refractivity contribution >= 4 is 5.69 Å². The van der Waals surface area contributed by atoms with Crippen LogP contribution in [0, 0.1) is 0 Å². The van der Waals surface area contributed by atoms with Crippen LogP contribution in [0.1, 0.15) is 51.4 Å². The number of hydrogen-bond donors (Lipinski definition) is 0. The Kier molecular flexibility index (Phi) is 7.60. The first-order chi connectivity index (χ1) is 9.70. The van der Waals surface area contributed by atoms with Crippen LogP contribution in [0.4, 0.5) is 5.69 Å². The first-order valence-corrected chi connectivity index (χ1v) is 8.09. The second kappa shape index (κ2) is 8.96. The zero-order valence-electron chi connectivity index (χ0n) is 13.9. The van der Waals surface area contributed by atoms with Crippen LogP contribution in [0.15, 0.2) is 12.1 Å². The van der Waals surface area contributed by atoms with Gasteiger partial charge in [0.2, 0.25) is 0 Å². The lowest BCUT2D eigenvalue weighted by molar-refractivity contribution is 0.395. The average Bonchev–Trinajstić information content (AvgIpc) is 2.49. The number of rotatable bonds is 4. The van der Waals surface area contributed by atoms with Gasteiger partial charge in [0.05, 0.1) is 11.4 Å². The van der Waals surface area contributed by atoms with Gasteiger partial charge in [-0.05, 0) is 51.9 Å². The third kappa shape index (κ3) is 4.78. The molecular weight excluding hydrogens is 246 g/mol. The van der Waals surface area contributed by atoms with Gasteiger partial charge in [-0.25, -0.2) is 0 Å². The number of nitrogens with zero attached hydrogens (tertiary/aromatic N) is 3. The van der Waals surface area contributed by atoms with Gasteiger partial charge in [0.15, 0.2) is 0 Å². The molecule has 1 aliphatic heterocycles. The Labute approximate surface area is 125 Å². The number of hydrogen-bond acceptors (Lipinski definition) is 3. The fourth-order valence-electron chi connectivity index (χ4n) is 2.57. The molecule has 0 aliphatic carbocycles. The van der Waals surface area contributed by atoms with Crippen molar-refractivity contribution in [2.24, 2.45) is 0 Å². The molecule has 1 aliphatic rings. The number of anilines is 1. The van der Waals surface area contributed by atoms with E-state index < -0.39 is 0 Å². The summed E-state index contributed by atoms with van der Waals surface area (Å²) in [7, 11) is 4.22. The third-order valence-corrected chi connectivity index (χ3v) is 3.53. The molecule has 114 valence electrons. The highest BCUT2D eigenvalue weighted by Crippen LogP contribution is 2.24. The maximum atomic E-state index is 4.82. The topological polar surface area (TPSA) is 19.4 Å².